The van der Waals surface area contributed by atoms with Crippen molar-refractivity contribution < 1.29 is 21.6 Å². The Bertz CT molecular complexity index is 941. The second-order valence-corrected chi connectivity index (χ2v) is 8.89. The molecule has 2 aromatic rings. The van der Waals surface area contributed by atoms with Crippen LogP contribution in [0.15, 0.2) is 47.5 Å². The minimum Gasteiger partial charge on any atom is -0.385 e. The van der Waals surface area contributed by atoms with Gasteiger partial charge in [-0.1, -0.05) is 26.0 Å². The maximum atomic E-state index is 12.8. The monoisotopic (exact) mass is 399 g/mol. The van der Waals surface area contributed by atoms with Crippen molar-refractivity contribution >= 4 is 15.7 Å². The van der Waals surface area contributed by atoms with Crippen LogP contribution in [0.5, 0.6) is 0 Å². The van der Waals surface area contributed by atoms with Gasteiger partial charge < -0.3 is 5.32 Å². The van der Waals surface area contributed by atoms with Crippen molar-refractivity contribution in [1.29, 1.82) is 0 Å². The Hall–Kier alpha value is -2.13. The normalized spacial score (nSPS) is 21.7. The molecule has 27 heavy (non-hydrogen) atoms. The molecule has 0 spiro atoms. The number of halogens is 3. The summed E-state index contributed by atoms with van der Waals surface area (Å²) in [4.78, 5) is 3.40. The van der Waals surface area contributed by atoms with Crippen molar-refractivity contribution in [3.63, 3.8) is 0 Å². The van der Waals surface area contributed by atoms with Crippen LogP contribution in [0.2, 0.25) is 0 Å². The van der Waals surface area contributed by atoms with Gasteiger partial charge in [0.15, 0.2) is 0 Å². The average Bonchev–Trinajstić information content (AvgIpc) is 3.12. The third-order valence-electron chi connectivity index (χ3n) is 5.19. The lowest BCUT2D eigenvalue weighted by Gasteiger charge is -2.10. The van der Waals surface area contributed by atoms with Crippen LogP contribution >= 0.6 is 0 Å². The van der Waals surface area contributed by atoms with E-state index in [2.05, 4.69) is 24.1 Å². The standard InChI is InChI=1S/C18H20F3N3O2S/c1-17(2)14(10-24-12-7-8-23-15(9-12)18(19,20)21)16(17)11-3-5-13(6-4-11)27(22,25)26/h3-9,14,16H,10H2,1-2H3,(H,23,24)(H2,22,25,26). The zero-order valence-corrected chi connectivity index (χ0v) is 15.6. The number of primary sulfonamides is 1. The van der Waals surface area contributed by atoms with E-state index in [9.17, 15) is 21.6 Å². The van der Waals surface area contributed by atoms with E-state index < -0.39 is 21.9 Å². The third kappa shape index (κ3) is 4.08. The Morgan fingerprint density at radius 1 is 1.19 bits per heavy atom. The second-order valence-electron chi connectivity index (χ2n) is 7.33. The number of aromatic nitrogens is 1. The van der Waals surface area contributed by atoms with Gasteiger partial charge in [0.2, 0.25) is 10.0 Å². The molecule has 1 heterocycles. The summed E-state index contributed by atoms with van der Waals surface area (Å²) in [5.41, 5.74) is 0.349. The van der Waals surface area contributed by atoms with Crippen molar-refractivity contribution in [2.24, 2.45) is 16.5 Å². The maximum Gasteiger partial charge on any atom is 0.433 e. The van der Waals surface area contributed by atoms with Crippen molar-refractivity contribution in [3.05, 3.63) is 53.9 Å². The second kappa shape index (κ2) is 6.49. The molecule has 1 aliphatic carbocycles. The molecule has 1 aromatic carbocycles. The third-order valence-corrected chi connectivity index (χ3v) is 6.12. The predicted octanol–water partition coefficient (Wildman–Crippen LogP) is 3.60. The number of sulfonamides is 1. The highest BCUT2D eigenvalue weighted by atomic mass is 32.2. The molecule has 0 saturated heterocycles. The van der Waals surface area contributed by atoms with E-state index in [0.717, 1.165) is 17.8 Å². The Morgan fingerprint density at radius 2 is 1.81 bits per heavy atom. The van der Waals surface area contributed by atoms with Gasteiger partial charge in [-0.05, 0) is 47.1 Å². The molecule has 0 bridgehead atoms. The largest absolute Gasteiger partial charge is 0.433 e. The van der Waals surface area contributed by atoms with Crippen LogP contribution in [-0.4, -0.2) is 19.9 Å². The molecule has 3 rings (SSSR count). The summed E-state index contributed by atoms with van der Waals surface area (Å²) < 4.78 is 61.0. The summed E-state index contributed by atoms with van der Waals surface area (Å²) in [6.07, 6.45) is -3.35. The van der Waals surface area contributed by atoms with Crippen LogP contribution in [0, 0.1) is 11.3 Å². The lowest BCUT2D eigenvalue weighted by Crippen LogP contribution is -2.12. The fourth-order valence-corrected chi connectivity index (χ4v) is 4.09. The van der Waals surface area contributed by atoms with Gasteiger partial charge in [0, 0.05) is 18.4 Å². The molecule has 0 aliphatic heterocycles. The molecule has 9 heteroatoms. The van der Waals surface area contributed by atoms with E-state index >= 15 is 0 Å². The number of hydrogen-bond donors (Lipinski definition) is 2. The van der Waals surface area contributed by atoms with E-state index in [4.69, 9.17) is 5.14 Å². The Kier molecular flexibility index (Phi) is 4.72. The molecule has 3 N–H and O–H groups in total. The highest BCUT2D eigenvalue weighted by molar-refractivity contribution is 7.89. The Morgan fingerprint density at radius 3 is 2.37 bits per heavy atom. The van der Waals surface area contributed by atoms with Gasteiger partial charge in [-0.2, -0.15) is 13.2 Å². The van der Waals surface area contributed by atoms with Crippen LogP contribution in [-0.2, 0) is 16.2 Å². The first kappa shape index (κ1) is 19.6. The fraction of sp³-hybridized carbons (Fsp3) is 0.389. The number of nitrogens with two attached hydrogens (primary N) is 1. The minimum atomic E-state index is -4.48. The molecule has 2 unspecified atom stereocenters. The van der Waals surface area contributed by atoms with Crippen LogP contribution in [0.4, 0.5) is 18.9 Å². The summed E-state index contributed by atoms with van der Waals surface area (Å²) in [5, 5.41) is 8.17. The highest BCUT2D eigenvalue weighted by Crippen LogP contribution is 2.64. The van der Waals surface area contributed by atoms with Gasteiger partial charge in [-0.3, -0.25) is 4.98 Å². The Balaban J connectivity index is 1.70. The molecule has 2 atom stereocenters. The molecule has 1 aliphatic rings. The molecule has 146 valence electrons. The first-order chi connectivity index (χ1) is 12.4. The predicted molar refractivity (Wildman–Crippen MR) is 95.6 cm³/mol. The van der Waals surface area contributed by atoms with Gasteiger partial charge in [0.05, 0.1) is 4.90 Å². The number of pyridine rings is 1. The number of rotatable bonds is 5. The first-order valence-electron chi connectivity index (χ1n) is 8.30. The number of nitrogens with zero attached hydrogens (tertiary/aromatic N) is 1. The van der Waals surface area contributed by atoms with Crippen LogP contribution in [0.1, 0.15) is 31.0 Å². The number of nitrogens with one attached hydrogen (secondary N) is 1. The topological polar surface area (TPSA) is 85.1 Å². The first-order valence-corrected chi connectivity index (χ1v) is 9.85. The molecule has 1 aromatic heterocycles. The molecule has 1 fully saturated rings. The van der Waals surface area contributed by atoms with Gasteiger partial charge in [0.1, 0.15) is 5.69 Å². The van der Waals surface area contributed by atoms with Gasteiger partial charge in [-0.25, -0.2) is 13.6 Å². The zero-order chi connectivity index (χ0) is 20.0. The number of anilines is 1. The quantitative estimate of drug-likeness (QED) is 0.805. The minimum absolute atomic E-state index is 0.0517. The number of benzene rings is 1. The fourth-order valence-electron chi connectivity index (χ4n) is 3.58. The van der Waals surface area contributed by atoms with E-state index in [0.29, 0.717) is 12.2 Å². The summed E-state index contributed by atoms with van der Waals surface area (Å²) in [6, 6.07) is 8.91. The molecule has 0 radical (unpaired) electrons. The number of hydrogen-bond acceptors (Lipinski definition) is 4. The Labute approximate surface area is 155 Å². The summed E-state index contributed by atoms with van der Waals surface area (Å²) in [5.74, 6) is 0.365. The smallest absolute Gasteiger partial charge is 0.385 e. The summed E-state index contributed by atoms with van der Waals surface area (Å²) in [6.45, 7) is 4.65. The molecular weight excluding hydrogens is 379 g/mol. The lowest BCUT2D eigenvalue weighted by atomic mass is 10.0. The molecule has 1 saturated carbocycles. The number of alkyl halides is 3. The van der Waals surface area contributed by atoms with Crippen molar-refractivity contribution in [2.75, 3.05) is 11.9 Å². The molecular formula is C18H20F3N3O2S. The van der Waals surface area contributed by atoms with Crippen molar-refractivity contribution in [1.82, 2.24) is 4.98 Å². The average molecular weight is 399 g/mol. The summed E-state index contributed by atoms with van der Waals surface area (Å²) in [7, 11) is -3.74. The van der Waals surface area contributed by atoms with Crippen molar-refractivity contribution in [2.45, 2.75) is 30.8 Å². The van der Waals surface area contributed by atoms with Gasteiger partial charge in [0.25, 0.3) is 0 Å². The highest BCUT2D eigenvalue weighted by Gasteiger charge is 2.57. The van der Waals surface area contributed by atoms with Gasteiger partial charge in [-0.15, -0.1) is 0 Å². The summed E-state index contributed by atoms with van der Waals surface area (Å²) >= 11 is 0. The van der Waals surface area contributed by atoms with Gasteiger partial charge >= 0.3 is 6.18 Å². The van der Waals surface area contributed by atoms with E-state index in [1.807, 2.05) is 0 Å². The van der Waals surface area contributed by atoms with Crippen LogP contribution in [0.25, 0.3) is 0 Å². The van der Waals surface area contributed by atoms with E-state index in [1.165, 1.54) is 18.2 Å². The lowest BCUT2D eigenvalue weighted by molar-refractivity contribution is -0.141. The molecule has 0 amide bonds. The van der Waals surface area contributed by atoms with Crippen LogP contribution in [0.3, 0.4) is 0 Å². The van der Waals surface area contributed by atoms with Crippen LogP contribution < -0.4 is 10.5 Å². The zero-order valence-electron chi connectivity index (χ0n) is 14.8. The molecule has 5 nitrogen and oxygen atoms in total. The maximum absolute atomic E-state index is 12.8. The SMILES string of the molecule is CC1(C)C(CNc2ccnc(C(F)(F)F)c2)C1c1ccc(S(N)(=O)=O)cc1. The van der Waals surface area contributed by atoms with E-state index in [1.54, 1.807) is 12.1 Å². The van der Waals surface area contributed by atoms with E-state index in [-0.39, 0.29) is 22.1 Å². The van der Waals surface area contributed by atoms with Crippen molar-refractivity contribution in [3.8, 4) is 0 Å².